The summed E-state index contributed by atoms with van der Waals surface area (Å²) in [5.74, 6) is -8.92. The van der Waals surface area contributed by atoms with Gasteiger partial charge in [0.15, 0.2) is 17.2 Å². The standard InChI is InChI=1S/C30H36F2N2O7/c1-13(35)20-26(38)23(34(4)5)18-9-16-8-17-19(33(2)3)10-15(7-6-14-11-29(31,32)12-14)24(36)22(17)25(37)21(16)28(40)30(18,41)27(20)39/h10,14,16,18,23,36-37,39,41H,6-9,11-12H2,1-5H3/t16-,18-,23-,30+/m0/s1. The Bertz CT molecular complexity index is 1420. The van der Waals surface area contributed by atoms with E-state index in [1.165, 1.54) is 4.90 Å². The molecule has 0 aromatic heterocycles. The number of aryl methyl sites for hydroxylation is 1. The van der Waals surface area contributed by atoms with Crippen molar-refractivity contribution in [1.82, 2.24) is 4.90 Å². The van der Waals surface area contributed by atoms with E-state index in [0.29, 0.717) is 23.2 Å². The maximum absolute atomic E-state index is 14.1. The number of benzene rings is 1. The van der Waals surface area contributed by atoms with Crippen molar-refractivity contribution in [1.29, 1.82) is 0 Å². The minimum absolute atomic E-state index is 0.0260. The molecule has 0 radical (unpaired) electrons. The maximum atomic E-state index is 14.1. The van der Waals surface area contributed by atoms with E-state index >= 15 is 0 Å². The number of phenolic OH excluding ortho intramolecular Hbond substituents is 1. The number of aliphatic hydroxyl groups excluding tert-OH is 2. The number of aliphatic hydroxyl groups is 3. The quantitative estimate of drug-likeness (QED) is 0.378. The van der Waals surface area contributed by atoms with Gasteiger partial charge >= 0.3 is 0 Å². The van der Waals surface area contributed by atoms with Gasteiger partial charge in [0.2, 0.25) is 11.7 Å². The Kier molecular flexibility index (Phi) is 6.85. The molecule has 0 aliphatic heterocycles. The second-order valence-electron chi connectivity index (χ2n) is 12.5. The van der Waals surface area contributed by atoms with Crippen molar-refractivity contribution in [3.05, 3.63) is 39.7 Å². The average molecular weight is 575 g/mol. The molecule has 0 spiro atoms. The summed E-state index contributed by atoms with van der Waals surface area (Å²) in [6.07, 6.45) is 0.518. The molecule has 11 heteroatoms. The van der Waals surface area contributed by atoms with Crippen molar-refractivity contribution in [3.8, 4) is 5.75 Å². The van der Waals surface area contributed by atoms with Gasteiger partial charge in [0.05, 0.1) is 11.6 Å². The third-order valence-electron chi connectivity index (χ3n) is 9.36. The van der Waals surface area contributed by atoms with Crippen LogP contribution in [0.15, 0.2) is 23.0 Å². The third kappa shape index (κ3) is 4.27. The first kappa shape index (κ1) is 29.2. The lowest BCUT2D eigenvalue weighted by Crippen LogP contribution is -2.65. The van der Waals surface area contributed by atoms with Gasteiger partial charge in [0, 0.05) is 44.1 Å². The molecule has 4 N–H and O–H groups in total. The van der Waals surface area contributed by atoms with E-state index in [1.54, 1.807) is 39.2 Å². The highest BCUT2D eigenvalue weighted by Crippen LogP contribution is 2.54. The molecular weight excluding hydrogens is 538 g/mol. The fourth-order valence-corrected chi connectivity index (χ4v) is 7.39. The summed E-state index contributed by atoms with van der Waals surface area (Å²) in [5, 5.41) is 45.7. The number of phenols is 1. The monoisotopic (exact) mass is 574 g/mol. The molecule has 222 valence electrons. The lowest BCUT2D eigenvalue weighted by Gasteiger charge is -2.50. The van der Waals surface area contributed by atoms with E-state index in [2.05, 4.69) is 0 Å². The van der Waals surface area contributed by atoms with Crippen LogP contribution in [0.2, 0.25) is 0 Å². The highest BCUT2D eigenvalue weighted by molar-refractivity contribution is 6.25. The van der Waals surface area contributed by atoms with Crippen molar-refractivity contribution in [2.24, 2.45) is 17.8 Å². The summed E-state index contributed by atoms with van der Waals surface area (Å²) in [5.41, 5.74) is -1.75. The summed E-state index contributed by atoms with van der Waals surface area (Å²) >= 11 is 0. The van der Waals surface area contributed by atoms with Crippen LogP contribution in [0.1, 0.15) is 49.3 Å². The first-order valence-electron chi connectivity index (χ1n) is 13.8. The van der Waals surface area contributed by atoms with Crippen LogP contribution in [0.3, 0.4) is 0 Å². The van der Waals surface area contributed by atoms with Gasteiger partial charge < -0.3 is 25.3 Å². The van der Waals surface area contributed by atoms with Crippen LogP contribution in [0.4, 0.5) is 14.5 Å². The molecule has 0 heterocycles. The van der Waals surface area contributed by atoms with Gasteiger partial charge in [-0.05, 0) is 75.7 Å². The van der Waals surface area contributed by atoms with Crippen LogP contribution in [-0.2, 0) is 27.2 Å². The Morgan fingerprint density at radius 3 is 2.27 bits per heavy atom. The van der Waals surface area contributed by atoms with Gasteiger partial charge in [-0.25, -0.2) is 8.78 Å². The minimum atomic E-state index is -2.66. The van der Waals surface area contributed by atoms with Crippen LogP contribution in [0, 0.1) is 17.8 Å². The van der Waals surface area contributed by atoms with Gasteiger partial charge in [0.1, 0.15) is 22.8 Å². The van der Waals surface area contributed by atoms with Crippen LogP contribution in [0.5, 0.6) is 5.75 Å². The Morgan fingerprint density at radius 2 is 1.73 bits per heavy atom. The van der Waals surface area contributed by atoms with E-state index in [1.807, 2.05) is 0 Å². The lowest BCUT2D eigenvalue weighted by molar-refractivity contribution is -0.153. The molecule has 0 bridgehead atoms. The number of rotatable bonds is 6. The Hall–Kier alpha value is -3.31. The molecule has 4 atom stereocenters. The van der Waals surface area contributed by atoms with Crippen molar-refractivity contribution < 1.29 is 43.6 Å². The molecule has 1 aromatic rings. The van der Waals surface area contributed by atoms with E-state index < -0.39 is 63.8 Å². The van der Waals surface area contributed by atoms with Crippen molar-refractivity contribution in [3.63, 3.8) is 0 Å². The van der Waals surface area contributed by atoms with Gasteiger partial charge in [-0.15, -0.1) is 0 Å². The zero-order valence-corrected chi connectivity index (χ0v) is 23.8. The topological polar surface area (TPSA) is 139 Å². The normalized spacial score (nSPS) is 29.2. The molecule has 4 aliphatic rings. The number of carbonyl (C=O) groups excluding carboxylic acids is 3. The predicted molar refractivity (Wildman–Crippen MR) is 146 cm³/mol. The number of Topliss-reactive ketones (excluding diaryl/α,β-unsaturated/α-hetero) is 3. The predicted octanol–water partition coefficient (Wildman–Crippen LogP) is 3.11. The SMILES string of the molecule is CC(=O)C1=C(O)[C@@]2(O)C(=O)C3=C(O)c4c(O)c(CCC5CC(F)(F)C5)cc(N(C)C)c4C[C@H]3C[C@H]2[C@H](N(C)C)C1=O. The first-order valence-corrected chi connectivity index (χ1v) is 13.8. The highest BCUT2D eigenvalue weighted by atomic mass is 19.3. The summed E-state index contributed by atoms with van der Waals surface area (Å²) in [6.45, 7) is 1.07. The molecular formula is C30H36F2N2O7. The zero-order chi connectivity index (χ0) is 30.3. The summed E-state index contributed by atoms with van der Waals surface area (Å²) in [4.78, 5) is 43.0. The summed E-state index contributed by atoms with van der Waals surface area (Å²) < 4.78 is 26.7. The molecule has 0 amide bonds. The number of nitrogens with zero attached hydrogens (tertiary/aromatic N) is 2. The molecule has 0 saturated heterocycles. The number of hydrogen-bond donors (Lipinski definition) is 4. The maximum Gasteiger partial charge on any atom is 0.248 e. The Balaban J connectivity index is 1.64. The number of likely N-dealkylation sites (N-methyl/N-ethyl adjacent to an activating group) is 1. The van der Waals surface area contributed by atoms with Crippen LogP contribution in [0.25, 0.3) is 5.76 Å². The van der Waals surface area contributed by atoms with E-state index in [9.17, 15) is 43.6 Å². The Labute approximate surface area is 236 Å². The third-order valence-corrected chi connectivity index (χ3v) is 9.36. The fraction of sp³-hybridized carbons (Fsp3) is 0.567. The summed E-state index contributed by atoms with van der Waals surface area (Å²) in [7, 11) is 6.75. The van der Waals surface area contributed by atoms with E-state index in [0.717, 1.165) is 6.92 Å². The molecule has 9 nitrogen and oxygen atoms in total. The molecule has 2 saturated carbocycles. The molecule has 41 heavy (non-hydrogen) atoms. The number of ketones is 3. The zero-order valence-electron chi connectivity index (χ0n) is 23.8. The lowest BCUT2D eigenvalue weighted by atomic mass is 9.57. The van der Waals surface area contributed by atoms with Crippen molar-refractivity contribution in [2.75, 3.05) is 33.1 Å². The molecule has 1 aromatic carbocycles. The number of alkyl halides is 2. The number of hydrogen-bond acceptors (Lipinski definition) is 9. The molecule has 2 fully saturated rings. The largest absolute Gasteiger partial charge is 0.508 e. The van der Waals surface area contributed by atoms with Crippen LogP contribution in [-0.4, -0.2) is 88.4 Å². The van der Waals surface area contributed by atoms with Gasteiger partial charge in [0.25, 0.3) is 0 Å². The van der Waals surface area contributed by atoms with Gasteiger partial charge in [-0.2, -0.15) is 0 Å². The molecule has 5 rings (SSSR count). The first-order chi connectivity index (χ1) is 19.0. The summed E-state index contributed by atoms with van der Waals surface area (Å²) in [6, 6.07) is 0.692. The smallest absolute Gasteiger partial charge is 0.248 e. The second-order valence-corrected chi connectivity index (χ2v) is 12.5. The second kappa shape index (κ2) is 9.62. The van der Waals surface area contributed by atoms with Crippen molar-refractivity contribution >= 4 is 28.8 Å². The average Bonchev–Trinajstić information content (AvgIpc) is 2.83. The van der Waals surface area contributed by atoms with Crippen molar-refractivity contribution in [2.45, 2.75) is 63.0 Å². The Morgan fingerprint density at radius 1 is 1.10 bits per heavy atom. The van der Waals surface area contributed by atoms with Crippen LogP contribution < -0.4 is 4.90 Å². The number of fused-ring (bicyclic) bond motifs is 3. The number of carbonyl (C=O) groups is 3. The number of anilines is 1. The fourth-order valence-electron chi connectivity index (χ4n) is 7.39. The minimum Gasteiger partial charge on any atom is -0.508 e. The van der Waals surface area contributed by atoms with Crippen LogP contribution >= 0.6 is 0 Å². The number of aromatic hydroxyl groups is 1. The van der Waals surface area contributed by atoms with E-state index in [4.69, 9.17) is 0 Å². The van der Waals surface area contributed by atoms with Gasteiger partial charge in [-0.1, -0.05) is 0 Å². The van der Waals surface area contributed by atoms with E-state index in [-0.39, 0.29) is 54.9 Å². The molecule has 0 unspecified atom stereocenters. The van der Waals surface area contributed by atoms with Gasteiger partial charge in [-0.3, -0.25) is 19.3 Å². The highest BCUT2D eigenvalue weighted by Gasteiger charge is 2.64. The molecule has 4 aliphatic carbocycles. The number of halogens is 2.